The van der Waals surface area contributed by atoms with Gasteiger partial charge in [0.2, 0.25) is 10.0 Å². The summed E-state index contributed by atoms with van der Waals surface area (Å²) >= 11 is 0. The summed E-state index contributed by atoms with van der Waals surface area (Å²) in [6.45, 7) is 7.27. The SMILES string of the molecule is CCNC(=NCc1cccc(S(N)(=O)=O)c1)N1CCOC(c2ccccc2C)C1. The van der Waals surface area contributed by atoms with Gasteiger partial charge in [0.05, 0.1) is 24.6 Å². The Morgan fingerprint density at radius 2 is 2.07 bits per heavy atom. The molecule has 1 unspecified atom stereocenters. The molecule has 0 bridgehead atoms. The van der Waals surface area contributed by atoms with Gasteiger partial charge in [0.15, 0.2) is 5.96 Å². The fourth-order valence-electron chi connectivity index (χ4n) is 3.39. The van der Waals surface area contributed by atoms with Gasteiger partial charge < -0.3 is 15.0 Å². The van der Waals surface area contributed by atoms with Crippen molar-refractivity contribution in [3.63, 3.8) is 0 Å². The van der Waals surface area contributed by atoms with Crippen LogP contribution in [0.5, 0.6) is 0 Å². The maximum Gasteiger partial charge on any atom is 0.238 e. The van der Waals surface area contributed by atoms with E-state index >= 15 is 0 Å². The van der Waals surface area contributed by atoms with Crippen molar-refractivity contribution in [2.45, 2.75) is 31.4 Å². The molecule has 0 aliphatic carbocycles. The molecule has 29 heavy (non-hydrogen) atoms. The van der Waals surface area contributed by atoms with Crippen molar-refractivity contribution in [2.24, 2.45) is 10.1 Å². The number of aliphatic imine (C=N–C) groups is 1. The smallest absolute Gasteiger partial charge is 0.238 e. The fraction of sp³-hybridized carbons (Fsp3) is 0.381. The van der Waals surface area contributed by atoms with Gasteiger partial charge in [-0.15, -0.1) is 0 Å². The maximum atomic E-state index is 11.6. The zero-order valence-electron chi connectivity index (χ0n) is 16.8. The van der Waals surface area contributed by atoms with E-state index in [1.54, 1.807) is 12.1 Å². The summed E-state index contributed by atoms with van der Waals surface area (Å²) in [5, 5.41) is 8.56. The molecule has 1 aliphatic heterocycles. The normalized spacial score (nSPS) is 18.0. The van der Waals surface area contributed by atoms with E-state index in [9.17, 15) is 8.42 Å². The van der Waals surface area contributed by atoms with E-state index in [0.717, 1.165) is 24.6 Å². The van der Waals surface area contributed by atoms with Crippen LogP contribution in [-0.4, -0.2) is 45.5 Å². The molecule has 0 spiro atoms. The molecular weight excluding hydrogens is 388 g/mol. The number of morpholine rings is 1. The van der Waals surface area contributed by atoms with Gasteiger partial charge in [-0.2, -0.15) is 0 Å². The number of sulfonamides is 1. The zero-order chi connectivity index (χ0) is 20.9. The number of nitrogens with two attached hydrogens (primary N) is 1. The zero-order valence-corrected chi connectivity index (χ0v) is 17.7. The van der Waals surface area contributed by atoms with Crippen molar-refractivity contribution < 1.29 is 13.2 Å². The summed E-state index contributed by atoms with van der Waals surface area (Å²) < 4.78 is 29.2. The highest BCUT2D eigenvalue weighted by Crippen LogP contribution is 2.25. The monoisotopic (exact) mass is 416 g/mol. The lowest BCUT2D eigenvalue weighted by molar-refractivity contribution is -0.00834. The molecule has 3 N–H and O–H groups in total. The third-order valence-electron chi connectivity index (χ3n) is 4.87. The number of benzene rings is 2. The molecule has 3 rings (SSSR count). The molecule has 156 valence electrons. The molecular formula is C21H28N4O3S. The van der Waals surface area contributed by atoms with E-state index in [1.807, 2.05) is 25.1 Å². The lowest BCUT2D eigenvalue weighted by atomic mass is 10.0. The van der Waals surface area contributed by atoms with E-state index < -0.39 is 10.0 Å². The van der Waals surface area contributed by atoms with Gasteiger partial charge in [-0.3, -0.25) is 0 Å². The van der Waals surface area contributed by atoms with Gasteiger partial charge in [0, 0.05) is 13.1 Å². The van der Waals surface area contributed by atoms with Crippen LogP contribution < -0.4 is 10.5 Å². The fourth-order valence-corrected chi connectivity index (χ4v) is 3.97. The summed E-state index contributed by atoms with van der Waals surface area (Å²) in [6, 6.07) is 14.8. The Morgan fingerprint density at radius 1 is 1.28 bits per heavy atom. The van der Waals surface area contributed by atoms with E-state index in [2.05, 4.69) is 29.3 Å². The molecule has 1 heterocycles. The largest absolute Gasteiger partial charge is 0.370 e. The number of aryl methyl sites for hydroxylation is 1. The van der Waals surface area contributed by atoms with E-state index in [4.69, 9.17) is 14.9 Å². The molecule has 1 saturated heterocycles. The summed E-state index contributed by atoms with van der Waals surface area (Å²) in [5.74, 6) is 0.787. The van der Waals surface area contributed by atoms with Gasteiger partial charge in [0.25, 0.3) is 0 Å². The van der Waals surface area contributed by atoms with Crippen LogP contribution in [0, 0.1) is 6.92 Å². The second kappa shape index (κ2) is 9.39. The first-order chi connectivity index (χ1) is 13.9. The first-order valence-electron chi connectivity index (χ1n) is 9.70. The maximum absolute atomic E-state index is 11.6. The summed E-state index contributed by atoms with van der Waals surface area (Å²) in [5.41, 5.74) is 3.19. The second-order valence-corrected chi connectivity index (χ2v) is 8.59. The first-order valence-corrected chi connectivity index (χ1v) is 11.2. The third kappa shape index (κ3) is 5.56. The number of guanidine groups is 1. The molecule has 0 radical (unpaired) electrons. The van der Waals surface area contributed by atoms with Crippen molar-refractivity contribution in [3.8, 4) is 0 Å². The molecule has 1 atom stereocenters. The van der Waals surface area contributed by atoms with Gasteiger partial charge in [-0.05, 0) is 42.7 Å². The highest BCUT2D eigenvalue weighted by molar-refractivity contribution is 7.89. The molecule has 0 aromatic heterocycles. The minimum absolute atomic E-state index is 0.0143. The van der Waals surface area contributed by atoms with Crippen molar-refractivity contribution >= 4 is 16.0 Å². The predicted molar refractivity (Wildman–Crippen MR) is 114 cm³/mol. The Bertz CT molecular complexity index is 975. The molecule has 2 aromatic rings. The number of hydrogen-bond acceptors (Lipinski definition) is 4. The summed E-state index contributed by atoms with van der Waals surface area (Å²) in [7, 11) is -3.73. The summed E-state index contributed by atoms with van der Waals surface area (Å²) in [4.78, 5) is 7.01. The highest BCUT2D eigenvalue weighted by atomic mass is 32.2. The van der Waals surface area contributed by atoms with Crippen LogP contribution in [0.15, 0.2) is 58.4 Å². The van der Waals surface area contributed by atoms with Crippen LogP contribution in [0.2, 0.25) is 0 Å². The summed E-state index contributed by atoms with van der Waals surface area (Å²) in [6.07, 6.45) is -0.0143. The number of hydrogen-bond donors (Lipinski definition) is 2. The molecule has 2 aromatic carbocycles. The van der Waals surface area contributed by atoms with Gasteiger partial charge in [-0.25, -0.2) is 18.5 Å². The number of nitrogens with zero attached hydrogens (tertiary/aromatic N) is 2. The van der Waals surface area contributed by atoms with Crippen molar-refractivity contribution in [3.05, 3.63) is 65.2 Å². The average Bonchev–Trinajstić information content (AvgIpc) is 2.71. The standard InChI is InChI=1S/C21H28N4O3S/c1-3-23-21(24-14-17-8-6-9-18(13-17)29(22,26)27)25-11-12-28-20(15-25)19-10-5-4-7-16(19)2/h4-10,13,20H,3,11-12,14-15H2,1-2H3,(H,23,24)(H2,22,26,27). The molecule has 1 fully saturated rings. The van der Waals surface area contributed by atoms with Gasteiger partial charge in [0.1, 0.15) is 6.10 Å². The van der Waals surface area contributed by atoms with Crippen molar-refractivity contribution in [1.82, 2.24) is 10.2 Å². The molecule has 8 heteroatoms. The van der Waals surface area contributed by atoms with Crippen LogP contribution in [-0.2, 0) is 21.3 Å². The number of ether oxygens (including phenoxy) is 1. The lowest BCUT2D eigenvalue weighted by Crippen LogP contribution is -2.48. The van der Waals surface area contributed by atoms with Gasteiger partial charge >= 0.3 is 0 Å². The molecule has 0 saturated carbocycles. The van der Waals surface area contributed by atoms with E-state index in [0.29, 0.717) is 19.7 Å². The van der Waals surface area contributed by atoms with Crippen LogP contribution in [0.4, 0.5) is 0 Å². The number of nitrogens with one attached hydrogen (secondary N) is 1. The highest BCUT2D eigenvalue weighted by Gasteiger charge is 2.25. The Morgan fingerprint density at radius 3 is 2.79 bits per heavy atom. The Hall–Kier alpha value is -2.42. The molecule has 0 amide bonds. The first kappa shape index (κ1) is 21.3. The van der Waals surface area contributed by atoms with E-state index in [-0.39, 0.29) is 11.0 Å². The van der Waals surface area contributed by atoms with E-state index in [1.165, 1.54) is 17.2 Å². The second-order valence-electron chi connectivity index (χ2n) is 7.02. The Labute approximate surface area is 172 Å². The minimum Gasteiger partial charge on any atom is -0.370 e. The average molecular weight is 417 g/mol. The van der Waals surface area contributed by atoms with Crippen molar-refractivity contribution in [1.29, 1.82) is 0 Å². The third-order valence-corrected chi connectivity index (χ3v) is 5.79. The van der Waals surface area contributed by atoms with Crippen LogP contribution in [0.1, 0.15) is 29.7 Å². The Kier molecular flexibility index (Phi) is 6.89. The lowest BCUT2D eigenvalue weighted by Gasteiger charge is -2.35. The predicted octanol–water partition coefficient (Wildman–Crippen LogP) is 2.18. The van der Waals surface area contributed by atoms with Crippen LogP contribution in [0.25, 0.3) is 0 Å². The minimum atomic E-state index is -3.73. The Balaban J connectivity index is 1.77. The topological polar surface area (TPSA) is 97.0 Å². The quantitative estimate of drug-likeness (QED) is 0.575. The number of rotatable bonds is 5. The van der Waals surface area contributed by atoms with Crippen LogP contribution in [0.3, 0.4) is 0 Å². The van der Waals surface area contributed by atoms with Crippen LogP contribution >= 0.6 is 0 Å². The molecule has 7 nitrogen and oxygen atoms in total. The number of primary sulfonamides is 1. The van der Waals surface area contributed by atoms with Crippen molar-refractivity contribution in [2.75, 3.05) is 26.2 Å². The molecule has 1 aliphatic rings. The van der Waals surface area contributed by atoms with Gasteiger partial charge in [-0.1, -0.05) is 36.4 Å².